The van der Waals surface area contributed by atoms with Gasteiger partial charge in [-0.15, -0.1) is 0 Å². The summed E-state index contributed by atoms with van der Waals surface area (Å²) in [5.41, 5.74) is 1.11. The van der Waals surface area contributed by atoms with Crippen LogP contribution in [0.15, 0.2) is 30.5 Å². The highest BCUT2D eigenvalue weighted by Gasteiger charge is 2.26. The van der Waals surface area contributed by atoms with Gasteiger partial charge in [0.1, 0.15) is 11.6 Å². The highest BCUT2D eigenvalue weighted by molar-refractivity contribution is 5.79. The van der Waals surface area contributed by atoms with E-state index in [1.165, 1.54) is 12.1 Å². The summed E-state index contributed by atoms with van der Waals surface area (Å²) in [5, 5.41) is 13.4. The fraction of sp³-hybridized carbons (Fsp3) is 0.444. The molecule has 0 radical (unpaired) electrons. The van der Waals surface area contributed by atoms with Crippen LogP contribution in [0.5, 0.6) is 0 Å². The Morgan fingerprint density at radius 1 is 1.32 bits per heavy atom. The average molecular weight is 349 g/mol. The van der Waals surface area contributed by atoms with Crippen LogP contribution >= 0.6 is 0 Å². The number of hydrogen-bond donors (Lipinski definition) is 1. The van der Waals surface area contributed by atoms with Crippen LogP contribution in [-0.4, -0.2) is 45.4 Å². The fourth-order valence-corrected chi connectivity index (χ4v) is 3.21. The molecule has 1 aliphatic rings. The van der Waals surface area contributed by atoms with Crippen molar-refractivity contribution in [3.63, 3.8) is 0 Å². The number of benzene rings is 1. The van der Waals surface area contributed by atoms with Crippen molar-refractivity contribution in [2.45, 2.75) is 31.7 Å². The summed E-state index contributed by atoms with van der Waals surface area (Å²) < 4.78 is 28.4. The number of carbonyl (C=O) groups excluding carboxylic acids is 1. The van der Waals surface area contributed by atoms with E-state index < -0.39 is 11.6 Å². The normalized spacial score (nSPS) is 17.7. The molecule has 0 spiro atoms. The van der Waals surface area contributed by atoms with Crippen molar-refractivity contribution in [3.8, 4) is 0 Å². The second-order valence-electron chi connectivity index (χ2n) is 6.32. The van der Waals surface area contributed by atoms with Crippen LogP contribution in [0.3, 0.4) is 0 Å². The number of piperidine rings is 1. The molecule has 1 aromatic heterocycles. The van der Waals surface area contributed by atoms with Crippen molar-refractivity contribution in [1.82, 2.24) is 14.7 Å². The standard InChI is InChI=1S/C18H21F2N3O2/c19-15-4-3-13(16(20)11-15)10-18(25)22-6-1-2-14(12-22)17-5-7-23(21-17)8-9-24/h3-5,7,11,14,24H,1-2,6,8-10,12H2/t14-/m1/s1. The molecule has 0 saturated carbocycles. The number of rotatable bonds is 5. The van der Waals surface area contributed by atoms with Gasteiger partial charge in [0.05, 0.1) is 25.3 Å². The first-order valence-corrected chi connectivity index (χ1v) is 8.42. The molecule has 0 unspecified atom stereocenters. The first-order chi connectivity index (χ1) is 12.1. The van der Waals surface area contributed by atoms with Crippen molar-refractivity contribution in [2.75, 3.05) is 19.7 Å². The van der Waals surface area contributed by atoms with Gasteiger partial charge in [-0.05, 0) is 30.5 Å². The number of halogens is 2. The van der Waals surface area contributed by atoms with E-state index in [1.807, 2.05) is 12.3 Å². The Morgan fingerprint density at radius 3 is 2.92 bits per heavy atom. The van der Waals surface area contributed by atoms with Gasteiger partial charge in [-0.1, -0.05) is 6.07 Å². The number of amides is 1. The summed E-state index contributed by atoms with van der Waals surface area (Å²) in [5.74, 6) is -1.37. The van der Waals surface area contributed by atoms with Crippen LogP contribution in [0.25, 0.3) is 0 Å². The van der Waals surface area contributed by atoms with Crippen LogP contribution in [0.2, 0.25) is 0 Å². The minimum absolute atomic E-state index is 0.0274. The molecule has 1 aliphatic heterocycles. The average Bonchev–Trinajstić information content (AvgIpc) is 3.06. The molecule has 3 rings (SSSR count). The number of hydrogen-bond acceptors (Lipinski definition) is 3. The molecule has 1 fully saturated rings. The van der Waals surface area contributed by atoms with Gasteiger partial charge in [0.15, 0.2) is 0 Å². The number of nitrogens with zero attached hydrogens (tertiary/aromatic N) is 3. The zero-order chi connectivity index (χ0) is 17.8. The second-order valence-corrected chi connectivity index (χ2v) is 6.32. The maximum absolute atomic E-state index is 13.8. The Morgan fingerprint density at radius 2 is 2.16 bits per heavy atom. The maximum atomic E-state index is 13.8. The van der Waals surface area contributed by atoms with Crippen LogP contribution in [0, 0.1) is 11.6 Å². The lowest BCUT2D eigenvalue weighted by molar-refractivity contribution is -0.131. The van der Waals surface area contributed by atoms with Gasteiger partial charge in [0.2, 0.25) is 5.91 Å². The molecule has 1 atom stereocenters. The number of aliphatic hydroxyl groups excluding tert-OH is 1. The fourth-order valence-electron chi connectivity index (χ4n) is 3.21. The zero-order valence-electron chi connectivity index (χ0n) is 13.9. The molecule has 1 saturated heterocycles. The minimum Gasteiger partial charge on any atom is -0.394 e. The predicted octanol–water partition coefficient (Wildman–Crippen LogP) is 2.10. The molecular formula is C18H21F2N3O2. The Hall–Kier alpha value is -2.28. The molecular weight excluding hydrogens is 328 g/mol. The second kappa shape index (κ2) is 7.74. The summed E-state index contributed by atoms with van der Waals surface area (Å²) in [7, 11) is 0. The van der Waals surface area contributed by atoms with Crippen molar-refractivity contribution in [1.29, 1.82) is 0 Å². The summed E-state index contributed by atoms with van der Waals surface area (Å²) >= 11 is 0. The maximum Gasteiger partial charge on any atom is 0.227 e. The minimum atomic E-state index is -0.690. The SMILES string of the molecule is O=C(Cc1ccc(F)cc1F)N1CCC[C@@H](c2ccn(CCO)n2)C1. The number of aromatic nitrogens is 2. The summed E-state index contributed by atoms with van der Waals surface area (Å²) in [6, 6.07) is 5.20. The van der Waals surface area contributed by atoms with Gasteiger partial charge in [0, 0.05) is 31.3 Å². The van der Waals surface area contributed by atoms with Crippen molar-refractivity contribution >= 4 is 5.91 Å². The third-order valence-electron chi connectivity index (χ3n) is 4.54. The topological polar surface area (TPSA) is 58.4 Å². The van der Waals surface area contributed by atoms with E-state index in [1.54, 1.807) is 9.58 Å². The first kappa shape index (κ1) is 17.5. The summed E-state index contributed by atoms with van der Waals surface area (Å²) in [4.78, 5) is 14.2. The molecule has 2 heterocycles. The largest absolute Gasteiger partial charge is 0.394 e. The van der Waals surface area contributed by atoms with Crippen molar-refractivity contribution in [3.05, 3.63) is 53.4 Å². The molecule has 1 aromatic carbocycles. The van der Waals surface area contributed by atoms with Crippen molar-refractivity contribution in [2.24, 2.45) is 0 Å². The Balaban J connectivity index is 1.64. The molecule has 1 N–H and O–H groups in total. The van der Waals surface area contributed by atoms with E-state index in [2.05, 4.69) is 5.10 Å². The molecule has 7 heteroatoms. The Kier molecular flexibility index (Phi) is 5.43. The molecule has 0 aliphatic carbocycles. The summed E-state index contributed by atoms with van der Waals surface area (Å²) in [6.07, 6.45) is 3.54. The van der Waals surface area contributed by atoms with Gasteiger partial charge < -0.3 is 10.0 Å². The smallest absolute Gasteiger partial charge is 0.227 e. The van der Waals surface area contributed by atoms with E-state index in [0.29, 0.717) is 19.6 Å². The Bertz CT molecular complexity index is 748. The number of carbonyl (C=O) groups is 1. The molecule has 25 heavy (non-hydrogen) atoms. The lowest BCUT2D eigenvalue weighted by atomic mass is 9.94. The molecule has 2 aromatic rings. The van der Waals surface area contributed by atoms with Gasteiger partial charge in [-0.25, -0.2) is 8.78 Å². The van der Waals surface area contributed by atoms with Crippen LogP contribution in [0.4, 0.5) is 8.78 Å². The molecule has 1 amide bonds. The highest BCUT2D eigenvalue weighted by Crippen LogP contribution is 2.26. The van der Waals surface area contributed by atoms with Gasteiger partial charge in [-0.2, -0.15) is 5.10 Å². The zero-order valence-corrected chi connectivity index (χ0v) is 13.9. The van der Waals surface area contributed by atoms with E-state index >= 15 is 0 Å². The lowest BCUT2D eigenvalue weighted by Gasteiger charge is -2.32. The lowest BCUT2D eigenvalue weighted by Crippen LogP contribution is -2.40. The first-order valence-electron chi connectivity index (χ1n) is 8.42. The van der Waals surface area contributed by atoms with Crippen LogP contribution < -0.4 is 0 Å². The van der Waals surface area contributed by atoms with Crippen LogP contribution in [0.1, 0.15) is 30.0 Å². The molecule has 0 bridgehead atoms. The number of likely N-dealkylation sites (tertiary alicyclic amines) is 1. The van der Waals surface area contributed by atoms with E-state index in [-0.39, 0.29) is 30.4 Å². The monoisotopic (exact) mass is 349 g/mol. The number of aliphatic hydroxyl groups is 1. The molecule has 5 nitrogen and oxygen atoms in total. The quantitative estimate of drug-likeness (QED) is 0.899. The van der Waals surface area contributed by atoms with Crippen LogP contribution in [-0.2, 0) is 17.8 Å². The van der Waals surface area contributed by atoms with Gasteiger partial charge in [0.25, 0.3) is 0 Å². The highest BCUT2D eigenvalue weighted by atomic mass is 19.1. The molecule has 134 valence electrons. The van der Waals surface area contributed by atoms with Crippen molar-refractivity contribution < 1.29 is 18.7 Å². The van der Waals surface area contributed by atoms with Gasteiger partial charge >= 0.3 is 0 Å². The summed E-state index contributed by atoms with van der Waals surface area (Å²) in [6.45, 7) is 1.64. The third-order valence-corrected chi connectivity index (χ3v) is 4.54. The van der Waals surface area contributed by atoms with E-state index in [4.69, 9.17) is 5.11 Å². The predicted molar refractivity (Wildman–Crippen MR) is 87.9 cm³/mol. The Labute approximate surface area is 144 Å². The third kappa shape index (κ3) is 4.22. The van der Waals surface area contributed by atoms with E-state index in [9.17, 15) is 13.6 Å². The van der Waals surface area contributed by atoms with E-state index in [0.717, 1.165) is 24.6 Å². The van der Waals surface area contributed by atoms with Gasteiger partial charge in [-0.3, -0.25) is 9.48 Å².